The van der Waals surface area contributed by atoms with E-state index in [1.54, 1.807) is 10.7 Å². The van der Waals surface area contributed by atoms with Crippen LogP contribution in [0.3, 0.4) is 0 Å². The molecule has 0 saturated carbocycles. The number of carbonyl (C=O) groups is 1. The van der Waals surface area contributed by atoms with Gasteiger partial charge in [-0.15, -0.1) is 0 Å². The van der Waals surface area contributed by atoms with Crippen LogP contribution in [0.15, 0.2) is 30.6 Å². The van der Waals surface area contributed by atoms with Gasteiger partial charge in [-0.2, -0.15) is 5.10 Å². The van der Waals surface area contributed by atoms with Crippen LogP contribution in [0.25, 0.3) is 5.52 Å². The van der Waals surface area contributed by atoms with Gasteiger partial charge in [0.05, 0.1) is 17.3 Å². The second-order valence-electron chi connectivity index (χ2n) is 5.46. The molecule has 0 aliphatic carbocycles. The maximum Gasteiger partial charge on any atom is 0.257 e. The van der Waals surface area contributed by atoms with E-state index in [4.69, 9.17) is 5.73 Å². The highest BCUT2D eigenvalue weighted by molar-refractivity contribution is 6.00. The van der Waals surface area contributed by atoms with E-state index in [0.717, 1.165) is 31.4 Å². The van der Waals surface area contributed by atoms with Crippen LogP contribution in [0.2, 0.25) is 0 Å². The molecule has 2 unspecified atom stereocenters. The number of hydrogen-bond acceptors (Lipinski definition) is 3. The molecule has 2 aromatic rings. The summed E-state index contributed by atoms with van der Waals surface area (Å²) in [6.07, 6.45) is 5.41. The maximum atomic E-state index is 12.7. The number of nitrogens with two attached hydrogens (primary N) is 1. The smallest absolute Gasteiger partial charge is 0.257 e. The number of nitrogens with zero attached hydrogens (tertiary/aromatic N) is 3. The lowest BCUT2D eigenvalue weighted by molar-refractivity contribution is 0.0651. The van der Waals surface area contributed by atoms with Crippen molar-refractivity contribution in [3.8, 4) is 0 Å². The third kappa shape index (κ3) is 2.18. The van der Waals surface area contributed by atoms with Crippen molar-refractivity contribution in [2.24, 2.45) is 11.7 Å². The van der Waals surface area contributed by atoms with Crippen molar-refractivity contribution in [1.29, 1.82) is 0 Å². The van der Waals surface area contributed by atoms with Crippen molar-refractivity contribution in [3.63, 3.8) is 0 Å². The molecule has 0 spiro atoms. The third-order valence-electron chi connectivity index (χ3n) is 4.26. The highest BCUT2D eigenvalue weighted by atomic mass is 16.2. The first-order valence-electron chi connectivity index (χ1n) is 7.18. The second kappa shape index (κ2) is 5.25. The van der Waals surface area contributed by atoms with Gasteiger partial charge in [0.1, 0.15) is 0 Å². The highest BCUT2D eigenvalue weighted by Crippen LogP contribution is 2.21. The first-order chi connectivity index (χ1) is 9.70. The minimum atomic E-state index is 0.0663. The van der Waals surface area contributed by atoms with Crippen LogP contribution in [0, 0.1) is 5.92 Å². The summed E-state index contributed by atoms with van der Waals surface area (Å²) in [6, 6.07) is 5.97. The molecule has 3 heterocycles. The van der Waals surface area contributed by atoms with E-state index in [2.05, 4.69) is 12.0 Å². The minimum absolute atomic E-state index is 0.0663. The Balaban J connectivity index is 1.85. The second-order valence-corrected chi connectivity index (χ2v) is 5.46. The zero-order valence-corrected chi connectivity index (χ0v) is 11.7. The molecular formula is C15H20N4O. The molecular weight excluding hydrogens is 252 g/mol. The zero-order valence-electron chi connectivity index (χ0n) is 11.7. The monoisotopic (exact) mass is 272 g/mol. The van der Waals surface area contributed by atoms with E-state index in [1.807, 2.05) is 29.3 Å². The lowest BCUT2D eigenvalue weighted by Gasteiger charge is -2.36. The molecule has 5 nitrogen and oxygen atoms in total. The average Bonchev–Trinajstić information content (AvgIpc) is 2.91. The van der Waals surface area contributed by atoms with Gasteiger partial charge in [-0.25, -0.2) is 4.52 Å². The largest absolute Gasteiger partial charge is 0.338 e. The van der Waals surface area contributed by atoms with Gasteiger partial charge < -0.3 is 10.6 Å². The Morgan fingerprint density at radius 1 is 1.50 bits per heavy atom. The van der Waals surface area contributed by atoms with Gasteiger partial charge in [0.25, 0.3) is 5.91 Å². The van der Waals surface area contributed by atoms with Gasteiger partial charge in [-0.3, -0.25) is 4.79 Å². The fourth-order valence-corrected chi connectivity index (χ4v) is 2.94. The Kier molecular flexibility index (Phi) is 3.44. The molecule has 3 rings (SSSR count). The summed E-state index contributed by atoms with van der Waals surface area (Å²) in [5.41, 5.74) is 7.64. The standard InChI is InChI=1S/C15H20N4O/c1-2-11-10-18(8-6-13(11)16)15(20)12-9-17-19-7-4-3-5-14(12)19/h3-5,7,9,11,13H,2,6,8,10,16H2,1H3. The quantitative estimate of drug-likeness (QED) is 0.902. The average molecular weight is 272 g/mol. The summed E-state index contributed by atoms with van der Waals surface area (Å²) in [5.74, 6) is 0.464. The zero-order chi connectivity index (χ0) is 14.1. The van der Waals surface area contributed by atoms with Crippen LogP contribution in [0.1, 0.15) is 30.1 Å². The van der Waals surface area contributed by atoms with E-state index in [1.165, 1.54) is 0 Å². The van der Waals surface area contributed by atoms with Crippen LogP contribution in [-0.4, -0.2) is 39.6 Å². The molecule has 20 heavy (non-hydrogen) atoms. The molecule has 106 valence electrons. The van der Waals surface area contributed by atoms with Crippen LogP contribution in [-0.2, 0) is 0 Å². The van der Waals surface area contributed by atoms with Crippen molar-refractivity contribution in [2.45, 2.75) is 25.8 Å². The molecule has 1 amide bonds. The topological polar surface area (TPSA) is 63.6 Å². The van der Waals surface area contributed by atoms with Gasteiger partial charge in [-0.05, 0) is 24.5 Å². The van der Waals surface area contributed by atoms with E-state index < -0.39 is 0 Å². The van der Waals surface area contributed by atoms with Gasteiger partial charge in [0.2, 0.25) is 0 Å². The van der Waals surface area contributed by atoms with E-state index in [0.29, 0.717) is 11.5 Å². The number of fused-ring (bicyclic) bond motifs is 1. The lowest BCUT2D eigenvalue weighted by atomic mass is 9.90. The first kappa shape index (κ1) is 13.1. The molecule has 2 aromatic heterocycles. The first-order valence-corrected chi connectivity index (χ1v) is 7.18. The number of rotatable bonds is 2. The summed E-state index contributed by atoms with van der Waals surface area (Å²) in [4.78, 5) is 14.6. The van der Waals surface area contributed by atoms with Crippen molar-refractivity contribution in [1.82, 2.24) is 14.5 Å². The van der Waals surface area contributed by atoms with Crippen molar-refractivity contribution in [3.05, 3.63) is 36.2 Å². The number of carbonyl (C=O) groups excluding carboxylic acids is 1. The summed E-state index contributed by atoms with van der Waals surface area (Å²) in [6.45, 7) is 3.62. The number of aromatic nitrogens is 2. The molecule has 1 aliphatic rings. The van der Waals surface area contributed by atoms with Gasteiger partial charge in [-0.1, -0.05) is 19.4 Å². The van der Waals surface area contributed by atoms with E-state index in [-0.39, 0.29) is 11.9 Å². The summed E-state index contributed by atoms with van der Waals surface area (Å²) >= 11 is 0. The van der Waals surface area contributed by atoms with Crippen molar-refractivity contribution in [2.75, 3.05) is 13.1 Å². The molecule has 0 aromatic carbocycles. The molecule has 0 bridgehead atoms. The summed E-state index contributed by atoms with van der Waals surface area (Å²) < 4.78 is 1.74. The van der Waals surface area contributed by atoms with Crippen molar-refractivity contribution < 1.29 is 4.79 Å². The molecule has 5 heteroatoms. The van der Waals surface area contributed by atoms with Gasteiger partial charge in [0, 0.05) is 25.3 Å². The number of amides is 1. The van der Waals surface area contributed by atoms with E-state index in [9.17, 15) is 4.79 Å². The molecule has 1 fully saturated rings. The fourth-order valence-electron chi connectivity index (χ4n) is 2.94. The Bertz CT molecular complexity index is 621. The van der Waals surface area contributed by atoms with Crippen molar-refractivity contribution >= 4 is 11.4 Å². The minimum Gasteiger partial charge on any atom is -0.338 e. The number of hydrogen-bond donors (Lipinski definition) is 1. The predicted molar refractivity (Wildman–Crippen MR) is 77.5 cm³/mol. The summed E-state index contributed by atoms with van der Waals surface area (Å²) in [5, 5.41) is 4.23. The van der Waals surface area contributed by atoms with Gasteiger partial charge in [0.15, 0.2) is 0 Å². The molecule has 2 atom stereocenters. The maximum absolute atomic E-state index is 12.7. The number of likely N-dealkylation sites (tertiary alicyclic amines) is 1. The molecule has 1 aliphatic heterocycles. The number of piperidine rings is 1. The Morgan fingerprint density at radius 3 is 3.15 bits per heavy atom. The molecule has 0 radical (unpaired) electrons. The normalized spacial score (nSPS) is 23.2. The van der Waals surface area contributed by atoms with E-state index >= 15 is 0 Å². The Hall–Kier alpha value is -1.88. The highest BCUT2D eigenvalue weighted by Gasteiger charge is 2.29. The fraction of sp³-hybridized carbons (Fsp3) is 0.467. The Morgan fingerprint density at radius 2 is 2.35 bits per heavy atom. The van der Waals surface area contributed by atoms with Crippen LogP contribution in [0.5, 0.6) is 0 Å². The number of pyridine rings is 1. The van der Waals surface area contributed by atoms with Crippen LogP contribution < -0.4 is 5.73 Å². The molecule has 2 N–H and O–H groups in total. The van der Waals surface area contributed by atoms with Crippen LogP contribution in [0.4, 0.5) is 0 Å². The predicted octanol–water partition coefficient (Wildman–Crippen LogP) is 1.53. The third-order valence-corrected chi connectivity index (χ3v) is 4.26. The lowest BCUT2D eigenvalue weighted by Crippen LogP contribution is -2.49. The Labute approximate surface area is 118 Å². The van der Waals surface area contributed by atoms with Gasteiger partial charge >= 0.3 is 0 Å². The van der Waals surface area contributed by atoms with Crippen LogP contribution >= 0.6 is 0 Å². The SMILES string of the molecule is CCC1CN(C(=O)c2cnn3ccccc23)CCC1N. The molecule has 1 saturated heterocycles. The summed E-state index contributed by atoms with van der Waals surface area (Å²) in [7, 11) is 0.